The minimum Gasteiger partial charge on any atom is -0.497 e. The molecule has 0 radical (unpaired) electrons. The van der Waals surface area contributed by atoms with Crippen LogP contribution >= 0.6 is 0 Å². The van der Waals surface area contributed by atoms with Crippen molar-refractivity contribution in [1.82, 2.24) is 15.3 Å². The number of carbonyl (C=O) groups is 1. The highest BCUT2D eigenvalue weighted by Crippen LogP contribution is 2.35. The zero-order valence-corrected chi connectivity index (χ0v) is 24.7. The lowest BCUT2D eigenvalue weighted by Crippen LogP contribution is -2.27. The van der Waals surface area contributed by atoms with E-state index >= 15 is 0 Å². The van der Waals surface area contributed by atoms with Crippen molar-refractivity contribution in [3.05, 3.63) is 102 Å². The number of ether oxygens (including phenoxy) is 2. The van der Waals surface area contributed by atoms with Crippen molar-refractivity contribution in [2.24, 2.45) is 0 Å². The van der Waals surface area contributed by atoms with Crippen molar-refractivity contribution in [3.63, 3.8) is 0 Å². The minimum atomic E-state index is -3.27. The third-order valence-electron chi connectivity index (χ3n) is 6.41. The summed E-state index contributed by atoms with van der Waals surface area (Å²) in [5.41, 5.74) is 2.83. The van der Waals surface area contributed by atoms with E-state index < -0.39 is 10.9 Å². The van der Waals surface area contributed by atoms with Gasteiger partial charge in [0.25, 0.3) is 0 Å². The molecule has 0 saturated carbocycles. The number of anilines is 5. The first-order valence-electron chi connectivity index (χ1n) is 13.4. The van der Waals surface area contributed by atoms with E-state index in [2.05, 4.69) is 25.9 Å². The number of hydrogen-bond donors (Lipinski definition) is 4. The molecule has 11 nitrogen and oxygen atoms in total. The Bertz CT molecular complexity index is 1860. The van der Waals surface area contributed by atoms with Gasteiger partial charge in [-0.05, 0) is 48.0 Å². The van der Waals surface area contributed by atoms with Crippen LogP contribution in [0.15, 0.2) is 91.0 Å². The fourth-order valence-corrected chi connectivity index (χ4v) is 5.03. The van der Waals surface area contributed by atoms with Gasteiger partial charge in [-0.3, -0.25) is 4.79 Å². The molecule has 0 bridgehead atoms. The van der Waals surface area contributed by atoms with Crippen molar-refractivity contribution < 1.29 is 27.1 Å². The highest BCUT2D eigenvalue weighted by Gasteiger charge is 2.21. The van der Waals surface area contributed by atoms with Crippen LogP contribution in [0.3, 0.4) is 0 Å². The number of hydrogen-bond acceptors (Lipinski definition) is 9. The maximum Gasteiger partial charge on any atom is 0.238 e. The van der Waals surface area contributed by atoms with Crippen molar-refractivity contribution in [2.45, 2.75) is 6.54 Å². The fraction of sp³-hybridized carbons (Fsp3) is 0.129. The molecule has 0 aliphatic heterocycles. The van der Waals surface area contributed by atoms with E-state index in [9.17, 15) is 17.6 Å². The van der Waals surface area contributed by atoms with E-state index in [0.717, 1.165) is 4.31 Å². The molecular weight excluding hydrogens is 587 g/mol. The average Bonchev–Trinajstić information content (AvgIpc) is 3.01. The Labute approximate surface area is 254 Å². The number of fused-ring (bicyclic) bond motifs is 1. The summed E-state index contributed by atoms with van der Waals surface area (Å²) in [6.45, 7) is 0.250. The van der Waals surface area contributed by atoms with Gasteiger partial charge >= 0.3 is 0 Å². The molecule has 226 valence electrons. The Kier molecular flexibility index (Phi) is 9.47. The predicted octanol–water partition coefficient (Wildman–Crippen LogP) is 4.92. The van der Waals surface area contributed by atoms with Crippen LogP contribution in [0.1, 0.15) is 5.56 Å². The van der Waals surface area contributed by atoms with E-state index in [0.29, 0.717) is 46.0 Å². The maximum atomic E-state index is 13.4. The number of nitrogens with zero attached hydrogens (tertiary/aromatic N) is 3. The molecule has 0 aliphatic carbocycles. The molecule has 0 spiro atoms. The zero-order chi connectivity index (χ0) is 31.1. The number of carbonyl (C=O) groups excluding carboxylic acids is 1. The summed E-state index contributed by atoms with van der Waals surface area (Å²) in [4.78, 5) is 22.0. The van der Waals surface area contributed by atoms with Gasteiger partial charge in [0.15, 0.2) is 11.6 Å². The lowest BCUT2D eigenvalue weighted by atomic mass is 10.2. The van der Waals surface area contributed by atoms with Gasteiger partial charge in [0, 0.05) is 36.1 Å². The number of rotatable bonds is 12. The molecule has 5 rings (SSSR count). The Balaban J connectivity index is 1.43. The number of para-hydroxylation sites is 2. The summed E-state index contributed by atoms with van der Waals surface area (Å²) in [6.07, 6.45) is 0. The number of nitrogens with one attached hydrogen (secondary N) is 3. The molecule has 44 heavy (non-hydrogen) atoms. The van der Waals surface area contributed by atoms with Crippen molar-refractivity contribution in [2.75, 3.05) is 35.7 Å². The second-order valence-electron chi connectivity index (χ2n) is 9.49. The molecule has 3 N–H and O–H groups in total. The summed E-state index contributed by atoms with van der Waals surface area (Å²) in [5, 5.41) is 8.88. The van der Waals surface area contributed by atoms with Gasteiger partial charge in [0.05, 0.1) is 37.5 Å². The van der Waals surface area contributed by atoms with Gasteiger partial charge in [0.2, 0.25) is 16.8 Å². The molecule has 13 heteroatoms. The van der Waals surface area contributed by atoms with Gasteiger partial charge < -0.3 is 25.4 Å². The van der Waals surface area contributed by atoms with Crippen LogP contribution in [-0.2, 0) is 22.2 Å². The third-order valence-corrected chi connectivity index (χ3v) is 7.16. The molecule has 4 aromatic carbocycles. The van der Waals surface area contributed by atoms with Crippen molar-refractivity contribution >= 4 is 56.5 Å². The molecule has 0 aliphatic rings. The topological polar surface area (TPSA) is 135 Å². The van der Waals surface area contributed by atoms with Crippen LogP contribution in [-0.4, -0.2) is 45.1 Å². The number of halogens is 1. The molecule has 1 amide bonds. The van der Waals surface area contributed by atoms with E-state index in [1.165, 1.54) is 32.4 Å². The number of amides is 1. The second-order valence-corrected chi connectivity index (χ2v) is 10.4. The summed E-state index contributed by atoms with van der Waals surface area (Å²) in [5.74, 6) is 0.488. The van der Waals surface area contributed by atoms with Crippen LogP contribution < -0.4 is 29.7 Å². The van der Waals surface area contributed by atoms with Crippen molar-refractivity contribution in [1.29, 1.82) is 0 Å². The number of aromatic nitrogens is 2. The maximum absolute atomic E-state index is 13.4. The minimum absolute atomic E-state index is 0.0156. The highest BCUT2D eigenvalue weighted by molar-refractivity contribution is 7.74. The van der Waals surface area contributed by atoms with Crippen LogP contribution in [0.4, 0.5) is 33.1 Å². The van der Waals surface area contributed by atoms with E-state index in [4.69, 9.17) is 9.47 Å². The molecular formula is C31H29FN6O5S. The normalized spacial score (nSPS) is 10.9. The highest BCUT2D eigenvalue weighted by atomic mass is 32.2. The van der Waals surface area contributed by atoms with Gasteiger partial charge in [-0.25, -0.2) is 27.1 Å². The van der Waals surface area contributed by atoms with Gasteiger partial charge in [-0.15, -0.1) is 0 Å². The predicted molar refractivity (Wildman–Crippen MR) is 168 cm³/mol. The Morgan fingerprint density at radius 3 is 2.23 bits per heavy atom. The Morgan fingerprint density at radius 1 is 0.841 bits per heavy atom. The number of methoxy groups -OCH3 is 2. The summed E-state index contributed by atoms with van der Waals surface area (Å²) in [7, 11) is -0.219. The SMILES string of the molecule is COc1cc(Nc2nc3ccccc3nc2N(c2cccc(NC(=O)CNCc3cccc(F)c3)c2)[SH](=O)=O)cc(OC)c1. The van der Waals surface area contributed by atoms with E-state index in [1.807, 2.05) is 0 Å². The molecule has 0 atom stereocenters. The molecule has 0 unspecified atom stereocenters. The largest absolute Gasteiger partial charge is 0.497 e. The van der Waals surface area contributed by atoms with Gasteiger partial charge in [-0.1, -0.05) is 30.3 Å². The second kappa shape index (κ2) is 13.8. The van der Waals surface area contributed by atoms with Gasteiger partial charge in [0.1, 0.15) is 17.3 Å². The standard InChI is InChI=1S/C31H29FN6O5S/c1-42-25-15-23(16-26(17-25)43-2)35-30-31(37-28-12-4-3-11-27(28)36-30)38(44(40)41)24-10-6-9-22(14-24)34-29(39)19-33-18-20-7-5-8-21(32)13-20/h3-17,33,44H,18-19H2,1-2H3,(H,34,39)(H,35,36). The lowest BCUT2D eigenvalue weighted by molar-refractivity contribution is -0.115. The summed E-state index contributed by atoms with van der Waals surface area (Å²) >= 11 is 0. The van der Waals surface area contributed by atoms with Crippen LogP contribution in [0.25, 0.3) is 11.0 Å². The molecule has 1 heterocycles. The first kappa shape index (κ1) is 30.2. The third kappa shape index (κ3) is 7.38. The average molecular weight is 617 g/mol. The lowest BCUT2D eigenvalue weighted by Gasteiger charge is -2.21. The first-order valence-corrected chi connectivity index (χ1v) is 14.5. The van der Waals surface area contributed by atoms with Crippen LogP contribution in [0.5, 0.6) is 11.5 Å². The van der Waals surface area contributed by atoms with E-state index in [1.54, 1.807) is 72.8 Å². The molecule has 5 aromatic rings. The first-order chi connectivity index (χ1) is 21.3. The Morgan fingerprint density at radius 2 is 1.55 bits per heavy atom. The summed E-state index contributed by atoms with van der Waals surface area (Å²) < 4.78 is 50.7. The van der Waals surface area contributed by atoms with Gasteiger partial charge in [-0.2, -0.15) is 0 Å². The fourth-order valence-electron chi connectivity index (χ4n) is 4.42. The molecule has 1 aromatic heterocycles. The monoisotopic (exact) mass is 616 g/mol. The van der Waals surface area contributed by atoms with Crippen LogP contribution in [0.2, 0.25) is 0 Å². The smallest absolute Gasteiger partial charge is 0.238 e. The summed E-state index contributed by atoms with van der Waals surface area (Å²) in [6, 6.07) is 24.6. The number of benzene rings is 4. The van der Waals surface area contributed by atoms with E-state index in [-0.39, 0.29) is 35.6 Å². The van der Waals surface area contributed by atoms with Crippen LogP contribution in [0, 0.1) is 5.82 Å². The Hall–Kier alpha value is -5.27. The molecule has 0 fully saturated rings. The molecule has 0 saturated heterocycles. The number of thiol groups is 1. The van der Waals surface area contributed by atoms with Crippen molar-refractivity contribution in [3.8, 4) is 11.5 Å². The quantitative estimate of drug-likeness (QED) is 0.144. The zero-order valence-electron chi connectivity index (χ0n) is 23.8.